The molecule has 5 rings (SSSR count). The molecule has 140 valence electrons. The normalized spacial score (nSPS) is 12.2. The predicted octanol–water partition coefficient (Wildman–Crippen LogP) is 2.02. The summed E-state index contributed by atoms with van der Waals surface area (Å²) in [4.78, 5) is 8.55. The summed E-state index contributed by atoms with van der Waals surface area (Å²) in [6, 6.07) is 5.40. The number of hydrogen-bond acceptors (Lipinski definition) is 6. The highest BCUT2D eigenvalue weighted by Gasteiger charge is 2.25. The standard InChI is InChI=1S/C18H15N7O2S/c1-12-3-4-17-20-9-18(24(17)10-12)28(26,27)25-16-5-13(6-19-15(16)8-22-25)14-7-21-23(2)11-14/h3-11H,1-2H3. The molecule has 0 aliphatic heterocycles. The Bertz CT molecular complexity index is 1460. The molecule has 0 aliphatic carbocycles. The van der Waals surface area contributed by atoms with Crippen molar-refractivity contribution >= 4 is 26.7 Å². The van der Waals surface area contributed by atoms with Gasteiger partial charge in [-0.05, 0) is 24.6 Å². The maximum atomic E-state index is 13.3. The van der Waals surface area contributed by atoms with Gasteiger partial charge in [-0.2, -0.15) is 22.7 Å². The van der Waals surface area contributed by atoms with Crippen molar-refractivity contribution < 1.29 is 8.42 Å². The van der Waals surface area contributed by atoms with E-state index in [-0.39, 0.29) is 5.03 Å². The number of aryl methyl sites for hydroxylation is 2. The number of rotatable bonds is 3. The summed E-state index contributed by atoms with van der Waals surface area (Å²) in [6.45, 7) is 1.89. The second kappa shape index (κ2) is 5.73. The number of imidazole rings is 1. The van der Waals surface area contributed by atoms with Gasteiger partial charge in [0.15, 0.2) is 5.03 Å². The highest BCUT2D eigenvalue weighted by molar-refractivity contribution is 7.90. The molecule has 0 bridgehead atoms. The lowest BCUT2D eigenvalue weighted by Crippen LogP contribution is -2.16. The van der Waals surface area contributed by atoms with Crippen LogP contribution in [0.15, 0.2) is 60.4 Å². The highest BCUT2D eigenvalue weighted by Crippen LogP contribution is 2.25. The molecule has 28 heavy (non-hydrogen) atoms. The van der Waals surface area contributed by atoms with Gasteiger partial charge in [0.2, 0.25) is 0 Å². The molecule has 0 aliphatic rings. The molecule has 10 heteroatoms. The van der Waals surface area contributed by atoms with Crippen molar-refractivity contribution in [3.05, 3.63) is 60.9 Å². The second-order valence-electron chi connectivity index (χ2n) is 6.55. The van der Waals surface area contributed by atoms with Crippen LogP contribution in [-0.4, -0.2) is 41.8 Å². The van der Waals surface area contributed by atoms with Gasteiger partial charge >= 0.3 is 10.0 Å². The van der Waals surface area contributed by atoms with Crippen LogP contribution in [0.4, 0.5) is 0 Å². The van der Waals surface area contributed by atoms with Gasteiger partial charge < -0.3 is 0 Å². The molecule has 9 nitrogen and oxygen atoms in total. The smallest absolute Gasteiger partial charge is 0.289 e. The Morgan fingerprint density at radius 2 is 1.79 bits per heavy atom. The van der Waals surface area contributed by atoms with Gasteiger partial charge in [0.1, 0.15) is 16.7 Å². The molecule has 0 spiro atoms. The van der Waals surface area contributed by atoms with Crippen LogP contribution in [0, 0.1) is 6.92 Å². The Morgan fingerprint density at radius 3 is 2.57 bits per heavy atom. The topological polar surface area (TPSA) is 100.0 Å². The van der Waals surface area contributed by atoms with Crippen molar-refractivity contribution in [2.75, 3.05) is 0 Å². The third-order valence-electron chi connectivity index (χ3n) is 4.54. The molecule has 0 aromatic carbocycles. The van der Waals surface area contributed by atoms with E-state index < -0.39 is 10.0 Å². The first kappa shape index (κ1) is 16.6. The third-order valence-corrected chi connectivity index (χ3v) is 6.12. The SMILES string of the molecule is Cc1ccc2ncc(S(=O)(=O)n3ncc4ncc(-c5cnn(C)c5)cc43)n2c1. The van der Waals surface area contributed by atoms with Crippen molar-refractivity contribution in [1.29, 1.82) is 0 Å². The minimum absolute atomic E-state index is 0.0444. The minimum atomic E-state index is -3.97. The molecule has 0 atom stereocenters. The van der Waals surface area contributed by atoms with E-state index in [4.69, 9.17) is 0 Å². The molecular formula is C18H15N7O2S. The van der Waals surface area contributed by atoms with E-state index in [0.29, 0.717) is 16.7 Å². The maximum Gasteiger partial charge on any atom is 0.301 e. The zero-order chi connectivity index (χ0) is 19.5. The van der Waals surface area contributed by atoms with Gasteiger partial charge in [-0.1, -0.05) is 6.07 Å². The lowest BCUT2D eigenvalue weighted by atomic mass is 10.1. The molecule has 5 heterocycles. The van der Waals surface area contributed by atoms with E-state index in [1.54, 1.807) is 39.8 Å². The lowest BCUT2D eigenvalue weighted by Gasteiger charge is -2.07. The summed E-state index contributed by atoms with van der Waals surface area (Å²) in [5, 5.41) is 8.29. The lowest BCUT2D eigenvalue weighted by molar-refractivity contribution is 0.577. The Morgan fingerprint density at radius 1 is 0.929 bits per heavy atom. The van der Waals surface area contributed by atoms with Crippen LogP contribution in [0.3, 0.4) is 0 Å². The number of aromatic nitrogens is 7. The molecule has 0 fully saturated rings. The van der Waals surface area contributed by atoms with Crippen LogP contribution in [0.5, 0.6) is 0 Å². The first-order valence-electron chi connectivity index (χ1n) is 8.45. The average Bonchev–Trinajstić information content (AvgIpc) is 3.38. The van der Waals surface area contributed by atoms with E-state index in [9.17, 15) is 8.42 Å². The van der Waals surface area contributed by atoms with Gasteiger partial charge in [0.05, 0.1) is 18.6 Å². The summed E-state index contributed by atoms with van der Waals surface area (Å²) in [6.07, 6.45) is 9.73. The van der Waals surface area contributed by atoms with E-state index in [0.717, 1.165) is 20.8 Å². The summed E-state index contributed by atoms with van der Waals surface area (Å²) in [7, 11) is -2.15. The quantitative estimate of drug-likeness (QED) is 0.465. The molecular weight excluding hydrogens is 378 g/mol. The second-order valence-corrected chi connectivity index (χ2v) is 8.27. The number of nitrogens with zero attached hydrogens (tertiary/aromatic N) is 7. The Balaban J connectivity index is 1.72. The number of fused-ring (bicyclic) bond motifs is 2. The van der Waals surface area contributed by atoms with Crippen molar-refractivity contribution in [2.24, 2.45) is 7.05 Å². The molecule has 5 aromatic rings. The van der Waals surface area contributed by atoms with E-state index in [2.05, 4.69) is 20.2 Å². The molecule has 0 N–H and O–H groups in total. The van der Waals surface area contributed by atoms with Crippen LogP contribution < -0.4 is 0 Å². The first-order valence-corrected chi connectivity index (χ1v) is 9.89. The molecule has 0 amide bonds. The summed E-state index contributed by atoms with van der Waals surface area (Å²) in [5.74, 6) is 0. The number of hydrogen-bond donors (Lipinski definition) is 0. The van der Waals surface area contributed by atoms with Crippen LogP contribution in [-0.2, 0) is 17.1 Å². The molecule has 0 saturated heterocycles. The van der Waals surface area contributed by atoms with Gasteiger partial charge in [0.25, 0.3) is 0 Å². The van der Waals surface area contributed by atoms with Crippen LogP contribution in [0.2, 0.25) is 0 Å². The fourth-order valence-corrected chi connectivity index (χ4v) is 4.48. The van der Waals surface area contributed by atoms with Gasteiger partial charge in [-0.25, -0.2) is 4.98 Å². The third kappa shape index (κ3) is 2.42. The Hall–Kier alpha value is -3.53. The monoisotopic (exact) mass is 393 g/mol. The minimum Gasteiger partial charge on any atom is -0.289 e. The molecule has 5 aromatic heterocycles. The predicted molar refractivity (Wildman–Crippen MR) is 102 cm³/mol. The van der Waals surface area contributed by atoms with E-state index >= 15 is 0 Å². The van der Waals surface area contributed by atoms with E-state index in [1.165, 1.54) is 12.4 Å². The average molecular weight is 393 g/mol. The Labute approximate surface area is 159 Å². The van der Waals surface area contributed by atoms with Gasteiger partial charge in [-0.15, -0.1) is 0 Å². The maximum absolute atomic E-state index is 13.3. The summed E-state index contributed by atoms with van der Waals surface area (Å²) < 4.78 is 30.9. The van der Waals surface area contributed by atoms with Crippen LogP contribution in [0.25, 0.3) is 27.8 Å². The molecule has 0 saturated carbocycles. The van der Waals surface area contributed by atoms with Crippen molar-refractivity contribution in [3.8, 4) is 11.1 Å². The van der Waals surface area contributed by atoms with E-state index in [1.807, 2.05) is 26.2 Å². The summed E-state index contributed by atoms with van der Waals surface area (Å²) in [5.41, 5.74) is 3.95. The summed E-state index contributed by atoms with van der Waals surface area (Å²) >= 11 is 0. The molecule has 0 unspecified atom stereocenters. The van der Waals surface area contributed by atoms with Crippen molar-refractivity contribution in [3.63, 3.8) is 0 Å². The van der Waals surface area contributed by atoms with Crippen molar-refractivity contribution in [2.45, 2.75) is 11.9 Å². The van der Waals surface area contributed by atoms with Crippen LogP contribution >= 0.6 is 0 Å². The zero-order valence-electron chi connectivity index (χ0n) is 15.1. The first-order chi connectivity index (χ1) is 13.4. The van der Waals surface area contributed by atoms with Gasteiger partial charge in [0, 0.05) is 36.8 Å². The fourth-order valence-electron chi connectivity index (χ4n) is 3.15. The van der Waals surface area contributed by atoms with Crippen molar-refractivity contribution in [1.82, 2.24) is 33.3 Å². The fraction of sp³-hybridized carbons (Fsp3) is 0.111. The van der Waals surface area contributed by atoms with Gasteiger partial charge in [-0.3, -0.25) is 14.1 Å². The number of pyridine rings is 2. The van der Waals surface area contributed by atoms with Crippen LogP contribution in [0.1, 0.15) is 5.56 Å². The Kier molecular flexibility index (Phi) is 3.40. The zero-order valence-corrected chi connectivity index (χ0v) is 15.9. The molecule has 0 radical (unpaired) electrons. The largest absolute Gasteiger partial charge is 0.301 e. The highest BCUT2D eigenvalue weighted by atomic mass is 32.2.